The van der Waals surface area contributed by atoms with Crippen molar-refractivity contribution in [3.63, 3.8) is 0 Å². The van der Waals surface area contributed by atoms with E-state index in [4.69, 9.17) is 0 Å². The van der Waals surface area contributed by atoms with E-state index in [9.17, 15) is 9.59 Å². The van der Waals surface area contributed by atoms with Gasteiger partial charge in [-0.15, -0.1) is 0 Å². The van der Waals surface area contributed by atoms with Crippen LogP contribution in [-0.4, -0.2) is 48.4 Å². The maximum atomic E-state index is 11.9. The predicted molar refractivity (Wildman–Crippen MR) is 73.5 cm³/mol. The second-order valence-electron chi connectivity index (χ2n) is 6.26. The van der Waals surface area contributed by atoms with Crippen LogP contribution in [0.1, 0.15) is 33.6 Å². The highest BCUT2D eigenvalue weighted by atomic mass is 16.2. The van der Waals surface area contributed by atoms with E-state index in [0.29, 0.717) is 5.92 Å². The minimum atomic E-state index is 0.0340. The van der Waals surface area contributed by atoms with Crippen molar-refractivity contribution in [1.29, 1.82) is 0 Å². The summed E-state index contributed by atoms with van der Waals surface area (Å²) in [6.45, 7) is 6.83. The molecule has 0 bridgehead atoms. The lowest BCUT2D eigenvalue weighted by Crippen LogP contribution is -2.39. The first-order valence-corrected chi connectivity index (χ1v) is 7.20. The van der Waals surface area contributed by atoms with E-state index in [-0.39, 0.29) is 35.9 Å². The number of amides is 2. The van der Waals surface area contributed by atoms with Gasteiger partial charge in [0.05, 0.1) is 6.04 Å². The molecule has 2 amide bonds. The van der Waals surface area contributed by atoms with E-state index in [2.05, 4.69) is 17.6 Å². The molecule has 1 saturated carbocycles. The maximum Gasteiger partial charge on any atom is 0.241 e. The molecule has 19 heavy (non-hydrogen) atoms. The molecule has 1 heterocycles. The molecular weight excluding hydrogens is 242 g/mol. The minimum absolute atomic E-state index is 0.0340. The van der Waals surface area contributed by atoms with Crippen LogP contribution in [0.3, 0.4) is 0 Å². The summed E-state index contributed by atoms with van der Waals surface area (Å²) < 4.78 is 0. The molecule has 2 N–H and O–H groups in total. The van der Waals surface area contributed by atoms with Gasteiger partial charge in [0.1, 0.15) is 0 Å². The van der Waals surface area contributed by atoms with Crippen LogP contribution in [0.25, 0.3) is 0 Å². The van der Waals surface area contributed by atoms with E-state index in [1.165, 1.54) is 0 Å². The van der Waals surface area contributed by atoms with Gasteiger partial charge in [-0.2, -0.15) is 0 Å². The van der Waals surface area contributed by atoms with Crippen LogP contribution < -0.4 is 10.6 Å². The van der Waals surface area contributed by atoms with Crippen molar-refractivity contribution in [1.82, 2.24) is 15.5 Å². The molecule has 0 spiro atoms. The van der Waals surface area contributed by atoms with Crippen LogP contribution in [-0.2, 0) is 9.59 Å². The maximum absolute atomic E-state index is 11.9. The fourth-order valence-corrected chi connectivity index (χ4v) is 2.51. The molecular formula is C14H25N3O2. The van der Waals surface area contributed by atoms with E-state index in [0.717, 1.165) is 19.4 Å². The van der Waals surface area contributed by atoms with E-state index in [1.54, 1.807) is 0 Å². The van der Waals surface area contributed by atoms with Gasteiger partial charge in [0.25, 0.3) is 0 Å². The summed E-state index contributed by atoms with van der Waals surface area (Å²) >= 11 is 0. The third-order valence-electron chi connectivity index (χ3n) is 4.05. The Labute approximate surface area is 115 Å². The third-order valence-corrected chi connectivity index (χ3v) is 4.05. The normalized spacial score (nSPS) is 29.8. The van der Waals surface area contributed by atoms with Gasteiger partial charge in [0.2, 0.25) is 11.8 Å². The molecule has 0 aromatic carbocycles. The van der Waals surface area contributed by atoms with Gasteiger partial charge in [-0.3, -0.25) is 9.59 Å². The zero-order valence-corrected chi connectivity index (χ0v) is 12.3. The second-order valence-corrected chi connectivity index (χ2v) is 6.26. The largest absolute Gasteiger partial charge is 0.354 e. The van der Waals surface area contributed by atoms with Crippen molar-refractivity contribution in [3.05, 3.63) is 0 Å². The van der Waals surface area contributed by atoms with Crippen LogP contribution in [0.15, 0.2) is 0 Å². The van der Waals surface area contributed by atoms with Crippen LogP contribution in [0.4, 0.5) is 0 Å². The summed E-state index contributed by atoms with van der Waals surface area (Å²) in [5, 5.41) is 5.99. The summed E-state index contributed by atoms with van der Waals surface area (Å²) in [5.41, 5.74) is 0. The van der Waals surface area contributed by atoms with E-state index >= 15 is 0 Å². The summed E-state index contributed by atoms with van der Waals surface area (Å²) in [6.07, 6.45) is 1.89. The Kier molecular flexibility index (Phi) is 4.13. The molecule has 5 nitrogen and oxygen atoms in total. The molecule has 5 heteroatoms. The van der Waals surface area contributed by atoms with Gasteiger partial charge in [-0.05, 0) is 39.5 Å². The number of likely N-dealkylation sites (N-methyl/N-ethyl adjacent to an activating group) is 1. The molecule has 2 fully saturated rings. The fourth-order valence-electron chi connectivity index (χ4n) is 2.51. The van der Waals surface area contributed by atoms with Crippen molar-refractivity contribution in [2.24, 2.45) is 11.8 Å². The summed E-state index contributed by atoms with van der Waals surface area (Å²) in [7, 11) is 1.86. The molecule has 2 aliphatic rings. The summed E-state index contributed by atoms with van der Waals surface area (Å²) in [4.78, 5) is 25.5. The smallest absolute Gasteiger partial charge is 0.241 e. The summed E-state index contributed by atoms with van der Waals surface area (Å²) in [6, 6.07) is 0.444. The van der Waals surface area contributed by atoms with Gasteiger partial charge in [0.15, 0.2) is 0 Å². The van der Waals surface area contributed by atoms with Gasteiger partial charge in [0, 0.05) is 31.6 Å². The second kappa shape index (κ2) is 5.49. The number of nitrogens with one attached hydrogen (secondary N) is 2. The molecule has 2 rings (SSSR count). The Morgan fingerprint density at radius 1 is 1.37 bits per heavy atom. The molecule has 4 unspecified atom stereocenters. The van der Waals surface area contributed by atoms with Gasteiger partial charge >= 0.3 is 0 Å². The first kappa shape index (κ1) is 14.3. The van der Waals surface area contributed by atoms with Crippen molar-refractivity contribution in [2.75, 3.05) is 13.6 Å². The van der Waals surface area contributed by atoms with Crippen molar-refractivity contribution in [3.8, 4) is 0 Å². The molecule has 1 saturated heterocycles. The highest BCUT2D eigenvalue weighted by Crippen LogP contribution is 2.42. The molecule has 0 aromatic heterocycles. The Bertz CT molecular complexity index is 366. The number of hydrogen-bond donors (Lipinski definition) is 2. The lowest BCUT2D eigenvalue weighted by molar-refractivity contribution is -0.131. The van der Waals surface area contributed by atoms with Crippen molar-refractivity contribution < 1.29 is 9.59 Å². The first-order valence-electron chi connectivity index (χ1n) is 7.20. The molecule has 4 atom stereocenters. The Morgan fingerprint density at radius 3 is 2.53 bits per heavy atom. The third kappa shape index (κ3) is 3.69. The van der Waals surface area contributed by atoms with E-state index in [1.807, 2.05) is 25.8 Å². The lowest BCUT2D eigenvalue weighted by Gasteiger charge is -2.24. The lowest BCUT2D eigenvalue weighted by atomic mass is 10.1. The van der Waals surface area contributed by atoms with Gasteiger partial charge in [-0.25, -0.2) is 0 Å². The van der Waals surface area contributed by atoms with Gasteiger partial charge < -0.3 is 15.5 Å². The molecule has 0 aromatic rings. The minimum Gasteiger partial charge on any atom is -0.354 e. The quantitative estimate of drug-likeness (QED) is 0.682. The zero-order chi connectivity index (χ0) is 14.2. The molecule has 1 aliphatic heterocycles. The zero-order valence-electron chi connectivity index (χ0n) is 12.3. The molecule has 108 valence electrons. The first-order chi connectivity index (χ1) is 8.90. The number of carbonyl (C=O) groups excluding carboxylic acids is 2. The van der Waals surface area contributed by atoms with E-state index < -0.39 is 0 Å². The molecule has 0 radical (unpaired) electrons. The summed E-state index contributed by atoms with van der Waals surface area (Å²) in [5.74, 6) is 0.949. The Balaban J connectivity index is 1.73. The standard InChI is InChI=1S/C14H25N3O2/c1-8(2)16-13(18)11-6-10(11)5-9(3)17(4)14(19)12-7-15-12/h8-12,15H,5-7H2,1-4H3,(H,16,18). The highest BCUT2D eigenvalue weighted by molar-refractivity contribution is 5.85. The number of hydrogen-bond acceptors (Lipinski definition) is 3. The Hall–Kier alpha value is -1.10. The van der Waals surface area contributed by atoms with Crippen LogP contribution in [0.5, 0.6) is 0 Å². The Morgan fingerprint density at radius 2 is 2.00 bits per heavy atom. The topological polar surface area (TPSA) is 71.4 Å². The highest BCUT2D eigenvalue weighted by Gasteiger charge is 2.44. The average molecular weight is 267 g/mol. The molecule has 1 aliphatic carbocycles. The number of carbonyl (C=O) groups is 2. The monoisotopic (exact) mass is 267 g/mol. The van der Waals surface area contributed by atoms with Crippen LogP contribution in [0, 0.1) is 11.8 Å². The predicted octanol–water partition coefficient (Wildman–Crippen LogP) is 0.356. The van der Waals surface area contributed by atoms with Crippen LogP contribution in [0.2, 0.25) is 0 Å². The number of nitrogens with zero attached hydrogens (tertiary/aromatic N) is 1. The average Bonchev–Trinajstić information content (AvgIpc) is 3.19. The van der Waals surface area contributed by atoms with Crippen LogP contribution >= 0.6 is 0 Å². The number of rotatable bonds is 6. The van der Waals surface area contributed by atoms with Crippen molar-refractivity contribution in [2.45, 2.75) is 51.7 Å². The van der Waals surface area contributed by atoms with Gasteiger partial charge in [-0.1, -0.05) is 0 Å². The SMILES string of the molecule is CC(C)NC(=O)C1CC1CC(C)N(C)C(=O)C1CN1. The fraction of sp³-hybridized carbons (Fsp3) is 0.857. The van der Waals surface area contributed by atoms with Crippen molar-refractivity contribution >= 4 is 11.8 Å².